The lowest BCUT2D eigenvalue weighted by atomic mass is 10.2. The first kappa shape index (κ1) is 12.5. The topological polar surface area (TPSA) is 55.0 Å². The largest absolute Gasteiger partial charge is 0.373 e. The smallest absolute Gasteiger partial charge is 0.0550 e. The van der Waals surface area contributed by atoms with E-state index in [0.29, 0.717) is 6.54 Å². The highest BCUT2D eigenvalue weighted by molar-refractivity contribution is 5.43. The van der Waals surface area contributed by atoms with Gasteiger partial charge in [-0.05, 0) is 36.2 Å². The summed E-state index contributed by atoms with van der Waals surface area (Å²) in [6.45, 7) is 1.44. The van der Waals surface area contributed by atoms with Crippen LogP contribution >= 0.6 is 0 Å². The van der Waals surface area contributed by atoms with Gasteiger partial charge in [-0.15, -0.1) is 0 Å². The van der Waals surface area contributed by atoms with E-state index >= 15 is 0 Å². The number of hydrogen-bond acceptors (Lipinski definition) is 4. The van der Waals surface area contributed by atoms with Gasteiger partial charge in [0.2, 0.25) is 0 Å². The third-order valence-electron chi connectivity index (χ3n) is 2.94. The zero-order valence-electron chi connectivity index (χ0n) is 10.6. The van der Waals surface area contributed by atoms with E-state index in [1.807, 2.05) is 36.8 Å². The second-order valence-corrected chi connectivity index (χ2v) is 4.24. The van der Waals surface area contributed by atoms with Crippen molar-refractivity contribution in [2.75, 3.05) is 18.5 Å². The lowest BCUT2D eigenvalue weighted by molar-refractivity contribution is 0.868. The number of aromatic nitrogens is 2. The van der Waals surface area contributed by atoms with Crippen molar-refractivity contribution in [2.45, 2.75) is 13.0 Å². The molecule has 0 amide bonds. The molecule has 0 aliphatic carbocycles. The molecule has 0 spiro atoms. The summed E-state index contributed by atoms with van der Waals surface area (Å²) in [6.07, 6.45) is 6.52. The highest BCUT2D eigenvalue weighted by Crippen LogP contribution is 2.12. The zero-order chi connectivity index (χ0) is 12.8. The standard InChI is InChI=1S/C14H18N4/c1-18(9-6-12-4-7-16-8-5-12)14-3-2-13(10-15)17-11-14/h2-5,7-8,11H,6,9-10,15H2,1H3. The number of pyridine rings is 2. The van der Waals surface area contributed by atoms with Crippen molar-refractivity contribution >= 4 is 5.69 Å². The molecule has 0 bridgehead atoms. The van der Waals surface area contributed by atoms with E-state index in [9.17, 15) is 0 Å². The van der Waals surface area contributed by atoms with Gasteiger partial charge in [0.1, 0.15) is 0 Å². The van der Waals surface area contributed by atoms with Gasteiger partial charge < -0.3 is 10.6 Å². The van der Waals surface area contributed by atoms with Crippen molar-refractivity contribution in [3.05, 3.63) is 54.1 Å². The lowest BCUT2D eigenvalue weighted by Gasteiger charge is -2.19. The van der Waals surface area contributed by atoms with E-state index in [1.54, 1.807) is 0 Å². The Morgan fingerprint density at radius 3 is 2.56 bits per heavy atom. The Labute approximate surface area is 107 Å². The normalized spacial score (nSPS) is 10.3. The van der Waals surface area contributed by atoms with Crippen molar-refractivity contribution in [3.63, 3.8) is 0 Å². The van der Waals surface area contributed by atoms with Crippen LogP contribution in [0, 0.1) is 0 Å². The summed E-state index contributed by atoms with van der Waals surface area (Å²) in [7, 11) is 2.07. The van der Waals surface area contributed by atoms with E-state index in [0.717, 1.165) is 24.3 Å². The average Bonchev–Trinajstić information content (AvgIpc) is 2.46. The molecular formula is C14H18N4. The van der Waals surface area contributed by atoms with Crippen LogP contribution in [0.15, 0.2) is 42.9 Å². The average molecular weight is 242 g/mol. The van der Waals surface area contributed by atoms with Crippen molar-refractivity contribution in [1.29, 1.82) is 0 Å². The van der Waals surface area contributed by atoms with E-state index in [-0.39, 0.29) is 0 Å². The molecule has 0 atom stereocenters. The fourth-order valence-electron chi connectivity index (χ4n) is 1.74. The van der Waals surface area contributed by atoms with Crippen LogP contribution in [0.25, 0.3) is 0 Å². The molecule has 0 aliphatic heterocycles. The van der Waals surface area contributed by atoms with Crippen molar-refractivity contribution < 1.29 is 0 Å². The van der Waals surface area contributed by atoms with E-state index in [1.165, 1.54) is 5.56 Å². The molecule has 0 unspecified atom stereocenters. The number of nitrogens with two attached hydrogens (primary N) is 1. The van der Waals surface area contributed by atoms with Gasteiger partial charge in [0.05, 0.1) is 17.6 Å². The summed E-state index contributed by atoms with van der Waals surface area (Å²) in [5.41, 5.74) is 8.85. The molecule has 0 fully saturated rings. The molecule has 0 radical (unpaired) electrons. The second-order valence-electron chi connectivity index (χ2n) is 4.24. The van der Waals surface area contributed by atoms with Crippen LogP contribution in [0.3, 0.4) is 0 Å². The Kier molecular flexibility index (Phi) is 4.25. The van der Waals surface area contributed by atoms with Gasteiger partial charge in [-0.25, -0.2) is 0 Å². The maximum Gasteiger partial charge on any atom is 0.0550 e. The SMILES string of the molecule is CN(CCc1ccncc1)c1ccc(CN)nc1. The Balaban J connectivity index is 1.93. The minimum absolute atomic E-state index is 0.487. The Morgan fingerprint density at radius 1 is 1.17 bits per heavy atom. The van der Waals surface area contributed by atoms with Gasteiger partial charge in [-0.2, -0.15) is 0 Å². The summed E-state index contributed by atoms with van der Waals surface area (Å²) < 4.78 is 0. The van der Waals surface area contributed by atoms with Crippen LogP contribution in [0.1, 0.15) is 11.3 Å². The van der Waals surface area contributed by atoms with Gasteiger partial charge >= 0.3 is 0 Å². The molecule has 2 rings (SSSR count). The van der Waals surface area contributed by atoms with E-state index in [4.69, 9.17) is 5.73 Å². The number of likely N-dealkylation sites (N-methyl/N-ethyl adjacent to an activating group) is 1. The fourth-order valence-corrected chi connectivity index (χ4v) is 1.74. The summed E-state index contributed by atoms with van der Waals surface area (Å²) in [6, 6.07) is 8.12. The Morgan fingerprint density at radius 2 is 1.94 bits per heavy atom. The van der Waals surface area contributed by atoms with Crippen LogP contribution in [-0.2, 0) is 13.0 Å². The van der Waals surface area contributed by atoms with Crippen molar-refractivity contribution in [2.24, 2.45) is 5.73 Å². The Hall–Kier alpha value is -1.94. The monoisotopic (exact) mass is 242 g/mol. The predicted molar refractivity (Wildman–Crippen MR) is 73.3 cm³/mol. The first-order valence-electron chi connectivity index (χ1n) is 6.04. The third kappa shape index (κ3) is 3.28. The molecule has 0 saturated carbocycles. The van der Waals surface area contributed by atoms with Gasteiger partial charge in [0.25, 0.3) is 0 Å². The molecule has 0 aliphatic rings. The second kappa shape index (κ2) is 6.12. The lowest BCUT2D eigenvalue weighted by Crippen LogP contribution is -2.20. The van der Waals surface area contributed by atoms with Crippen LogP contribution in [0.5, 0.6) is 0 Å². The van der Waals surface area contributed by atoms with E-state index in [2.05, 4.69) is 28.0 Å². The van der Waals surface area contributed by atoms with E-state index < -0.39 is 0 Å². The summed E-state index contributed by atoms with van der Waals surface area (Å²) in [5.74, 6) is 0. The van der Waals surface area contributed by atoms with Gasteiger partial charge in [0.15, 0.2) is 0 Å². The quantitative estimate of drug-likeness (QED) is 0.865. The number of hydrogen-bond donors (Lipinski definition) is 1. The van der Waals surface area contributed by atoms with Gasteiger partial charge in [0, 0.05) is 32.5 Å². The summed E-state index contributed by atoms with van der Waals surface area (Å²) in [4.78, 5) is 10.5. The molecule has 18 heavy (non-hydrogen) atoms. The highest BCUT2D eigenvalue weighted by atomic mass is 15.1. The van der Waals surface area contributed by atoms with Crippen molar-refractivity contribution in [1.82, 2.24) is 9.97 Å². The van der Waals surface area contributed by atoms with Crippen molar-refractivity contribution in [3.8, 4) is 0 Å². The molecule has 94 valence electrons. The number of anilines is 1. The molecule has 4 nitrogen and oxygen atoms in total. The fraction of sp³-hybridized carbons (Fsp3) is 0.286. The predicted octanol–water partition coefficient (Wildman–Crippen LogP) is 1.61. The molecule has 2 heterocycles. The molecule has 0 aromatic carbocycles. The summed E-state index contributed by atoms with van der Waals surface area (Å²) in [5, 5.41) is 0. The highest BCUT2D eigenvalue weighted by Gasteiger charge is 2.02. The maximum atomic E-state index is 5.53. The maximum absolute atomic E-state index is 5.53. The Bertz CT molecular complexity index is 467. The van der Waals surface area contributed by atoms with Crippen LogP contribution in [-0.4, -0.2) is 23.6 Å². The number of nitrogens with zero attached hydrogens (tertiary/aromatic N) is 3. The van der Waals surface area contributed by atoms with Gasteiger partial charge in [-0.1, -0.05) is 0 Å². The minimum Gasteiger partial charge on any atom is -0.373 e. The van der Waals surface area contributed by atoms with Crippen LogP contribution in [0.4, 0.5) is 5.69 Å². The zero-order valence-corrected chi connectivity index (χ0v) is 10.6. The molecule has 2 aromatic heterocycles. The molecule has 2 N–H and O–H groups in total. The number of rotatable bonds is 5. The van der Waals surface area contributed by atoms with Gasteiger partial charge in [-0.3, -0.25) is 9.97 Å². The minimum atomic E-state index is 0.487. The third-order valence-corrected chi connectivity index (χ3v) is 2.94. The molecule has 2 aromatic rings. The first-order chi connectivity index (χ1) is 8.79. The molecule has 0 saturated heterocycles. The van der Waals surface area contributed by atoms with Crippen LogP contribution < -0.4 is 10.6 Å². The summed E-state index contributed by atoms with van der Waals surface area (Å²) >= 11 is 0. The molecular weight excluding hydrogens is 224 g/mol. The van der Waals surface area contributed by atoms with Crippen LogP contribution in [0.2, 0.25) is 0 Å². The molecule has 4 heteroatoms. The first-order valence-corrected chi connectivity index (χ1v) is 6.04.